The Morgan fingerprint density at radius 2 is 1.67 bits per heavy atom. The molecule has 2 aromatic carbocycles. The van der Waals surface area contributed by atoms with E-state index in [1.807, 2.05) is 12.1 Å². The minimum atomic E-state index is -0.951. The van der Waals surface area contributed by atoms with Crippen molar-refractivity contribution >= 4 is 11.9 Å². The second-order valence-corrected chi connectivity index (χ2v) is 7.48. The molecule has 0 saturated heterocycles. The molecule has 0 radical (unpaired) electrons. The first-order valence-electron chi connectivity index (χ1n) is 9.69. The zero-order valence-corrected chi connectivity index (χ0v) is 15.8. The summed E-state index contributed by atoms with van der Waals surface area (Å²) >= 11 is 0. The molecule has 0 heterocycles. The van der Waals surface area contributed by atoms with Crippen molar-refractivity contribution < 1.29 is 14.7 Å². The Morgan fingerprint density at radius 1 is 1.04 bits per heavy atom. The van der Waals surface area contributed by atoms with Gasteiger partial charge < -0.3 is 10.4 Å². The molecule has 1 fully saturated rings. The van der Waals surface area contributed by atoms with Crippen LogP contribution in [0, 0.1) is 0 Å². The van der Waals surface area contributed by atoms with E-state index in [9.17, 15) is 14.7 Å². The van der Waals surface area contributed by atoms with Gasteiger partial charge in [0.25, 0.3) is 0 Å². The predicted molar refractivity (Wildman–Crippen MR) is 106 cm³/mol. The van der Waals surface area contributed by atoms with Crippen LogP contribution in [-0.2, 0) is 16.6 Å². The molecule has 27 heavy (non-hydrogen) atoms. The highest BCUT2D eigenvalue weighted by Gasteiger charge is 2.41. The molecule has 2 N–H and O–H groups in total. The first-order valence-corrected chi connectivity index (χ1v) is 9.69. The standard InChI is InChI=1S/C23H27NO3/c1-17(23(15-7-8-16-23)19-10-3-2-4-11-19)24-21(25)14-13-18-9-5-6-12-20(18)22(26)27/h2-6,9-12,17H,7-8,13-16H2,1H3,(H,24,25)(H,26,27). The number of hydrogen-bond acceptors (Lipinski definition) is 2. The summed E-state index contributed by atoms with van der Waals surface area (Å²) in [6.07, 6.45) is 5.25. The first-order chi connectivity index (χ1) is 13.0. The van der Waals surface area contributed by atoms with Crippen molar-refractivity contribution in [2.45, 2.75) is 56.9 Å². The van der Waals surface area contributed by atoms with Gasteiger partial charge in [-0.3, -0.25) is 4.79 Å². The van der Waals surface area contributed by atoms with Crippen molar-refractivity contribution in [2.75, 3.05) is 0 Å². The van der Waals surface area contributed by atoms with Gasteiger partial charge in [0.15, 0.2) is 0 Å². The number of rotatable bonds is 7. The SMILES string of the molecule is CC(NC(=O)CCc1ccccc1C(=O)O)C1(c2ccccc2)CCCC1. The van der Waals surface area contributed by atoms with Gasteiger partial charge in [-0.1, -0.05) is 61.4 Å². The molecule has 1 unspecified atom stereocenters. The van der Waals surface area contributed by atoms with Crippen molar-refractivity contribution in [2.24, 2.45) is 0 Å². The van der Waals surface area contributed by atoms with E-state index in [2.05, 4.69) is 36.5 Å². The molecule has 0 aromatic heterocycles. The maximum atomic E-state index is 12.6. The third-order valence-electron chi connectivity index (χ3n) is 5.92. The van der Waals surface area contributed by atoms with Crippen LogP contribution in [0.15, 0.2) is 54.6 Å². The van der Waals surface area contributed by atoms with E-state index in [-0.39, 0.29) is 22.9 Å². The van der Waals surface area contributed by atoms with Crippen LogP contribution in [0.25, 0.3) is 0 Å². The smallest absolute Gasteiger partial charge is 0.335 e. The number of hydrogen-bond donors (Lipinski definition) is 2. The van der Waals surface area contributed by atoms with Crippen LogP contribution in [0.5, 0.6) is 0 Å². The van der Waals surface area contributed by atoms with Gasteiger partial charge in [0.2, 0.25) is 5.91 Å². The van der Waals surface area contributed by atoms with Crippen LogP contribution in [0.2, 0.25) is 0 Å². The summed E-state index contributed by atoms with van der Waals surface area (Å²) in [7, 11) is 0. The van der Waals surface area contributed by atoms with Crippen molar-refractivity contribution in [3.8, 4) is 0 Å². The van der Waals surface area contributed by atoms with Crippen molar-refractivity contribution in [1.82, 2.24) is 5.32 Å². The van der Waals surface area contributed by atoms with E-state index in [0.29, 0.717) is 18.4 Å². The largest absolute Gasteiger partial charge is 0.478 e. The van der Waals surface area contributed by atoms with Crippen LogP contribution in [0.4, 0.5) is 0 Å². The fraction of sp³-hybridized carbons (Fsp3) is 0.391. The minimum absolute atomic E-state index is 0.00408. The van der Waals surface area contributed by atoms with E-state index in [1.165, 1.54) is 18.4 Å². The number of carbonyl (C=O) groups is 2. The van der Waals surface area contributed by atoms with Gasteiger partial charge in [0, 0.05) is 17.9 Å². The lowest BCUT2D eigenvalue weighted by Crippen LogP contribution is -2.47. The Morgan fingerprint density at radius 3 is 2.33 bits per heavy atom. The number of carboxylic acids is 1. The molecule has 0 aliphatic heterocycles. The van der Waals surface area contributed by atoms with Gasteiger partial charge in [-0.15, -0.1) is 0 Å². The summed E-state index contributed by atoms with van der Waals surface area (Å²) in [4.78, 5) is 23.9. The van der Waals surface area contributed by atoms with Gasteiger partial charge in [-0.25, -0.2) is 4.79 Å². The Balaban J connectivity index is 1.66. The number of benzene rings is 2. The zero-order valence-electron chi connectivity index (χ0n) is 15.8. The van der Waals surface area contributed by atoms with Crippen molar-refractivity contribution in [3.05, 3.63) is 71.3 Å². The minimum Gasteiger partial charge on any atom is -0.478 e. The Hall–Kier alpha value is -2.62. The quantitative estimate of drug-likeness (QED) is 0.767. The highest BCUT2D eigenvalue weighted by molar-refractivity contribution is 5.89. The fourth-order valence-corrected chi connectivity index (χ4v) is 4.39. The molecule has 1 amide bonds. The lowest BCUT2D eigenvalue weighted by molar-refractivity contribution is -0.122. The third-order valence-corrected chi connectivity index (χ3v) is 5.92. The summed E-state index contributed by atoms with van der Waals surface area (Å²) in [6.45, 7) is 2.10. The molecule has 142 valence electrons. The van der Waals surface area contributed by atoms with Crippen LogP contribution in [0.3, 0.4) is 0 Å². The molecule has 1 aliphatic carbocycles. The average Bonchev–Trinajstić information content (AvgIpc) is 3.18. The third kappa shape index (κ3) is 4.21. The molecule has 3 rings (SSSR count). The van der Waals surface area contributed by atoms with Crippen molar-refractivity contribution in [3.63, 3.8) is 0 Å². The van der Waals surface area contributed by atoms with Gasteiger partial charge in [-0.05, 0) is 43.4 Å². The summed E-state index contributed by atoms with van der Waals surface area (Å²) in [6, 6.07) is 17.4. The molecular formula is C23H27NO3. The summed E-state index contributed by atoms with van der Waals surface area (Å²) in [5.74, 6) is -0.974. The van der Waals surface area contributed by atoms with Crippen LogP contribution >= 0.6 is 0 Å². The normalized spacial score (nSPS) is 16.6. The van der Waals surface area contributed by atoms with E-state index in [0.717, 1.165) is 12.8 Å². The molecule has 0 spiro atoms. The topological polar surface area (TPSA) is 66.4 Å². The average molecular weight is 365 g/mol. The Kier molecular flexibility index (Phi) is 5.94. The molecular weight excluding hydrogens is 338 g/mol. The van der Waals surface area contributed by atoms with Crippen LogP contribution < -0.4 is 5.32 Å². The van der Waals surface area contributed by atoms with Crippen LogP contribution in [-0.4, -0.2) is 23.0 Å². The highest BCUT2D eigenvalue weighted by Crippen LogP contribution is 2.43. The lowest BCUT2D eigenvalue weighted by atomic mass is 9.73. The Labute approximate surface area is 160 Å². The molecule has 2 aromatic rings. The number of aromatic carboxylic acids is 1. The maximum absolute atomic E-state index is 12.6. The summed E-state index contributed by atoms with van der Waals surface area (Å²) in [5, 5.41) is 12.5. The van der Waals surface area contributed by atoms with Gasteiger partial charge in [-0.2, -0.15) is 0 Å². The molecule has 4 nitrogen and oxygen atoms in total. The monoisotopic (exact) mass is 365 g/mol. The number of amides is 1. The lowest BCUT2D eigenvalue weighted by Gasteiger charge is -2.36. The maximum Gasteiger partial charge on any atom is 0.335 e. The van der Waals surface area contributed by atoms with Crippen LogP contribution in [0.1, 0.15) is 60.5 Å². The fourth-order valence-electron chi connectivity index (χ4n) is 4.39. The number of nitrogens with one attached hydrogen (secondary N) is 1. The second kappa shape index (κ2) is 8.38. The number of carboxylic acid groups (broad SMARTS) is 1. The first kappa shape index (κ1) is 19.2. The number of carbonyl (C=O) groups excluding carboxylic acids is 1. The summed E-state index contributed by atoms with van der Waals surface area (Å²) in [5.41, 5.74) is 2.27. The molecule has 1 atom stereocenters. The molecule has 1 saturated carbocycles. The van der Waals surface area contributed by atoms with Gasteiger partial charge in [0.05, 0.1) is 5.56 Å². The van der Waals surface area contributed by atoms with Crippen molar-refractivity contribution in [1.29, 1.82) is 0 Å². The Bertz CT molecular complexity index is 794. The molecule has 0 bridgehead atoms. The molecule has 1 aliphatic rings. The summed E-state index contributed by atoms with van der Waals surface area (Å²) < 4.78 is 0. The van der Waals surface area contributed by atoms with Gasteiger partial charge in [0.1, 0.15) is 0 Å². The van der Waals surface area contributed by atoms with E-state index < -0.39 is 5.97 Å². The zero-order chi connectivity index (χ0) is 19.3. The predicted octanol–water partition coefficient (Wildman–Crippen LogP) is 4.33. The second-order valence-electron chi connectivity index (χ2n) is 7.48. The van der Waals surface area contributed by atoms with E-state index in [4.69, 9.17) is 0 Å². The number of aryl methyl sites for hydroxylation is 1. The van der Waals surface area contributed by atoms with Gasteiger partial charge >= 0.3 is 5.97 Å². The van der Waals surface area contributed by atoms with E-state index >= 15 is 0 Å². The van der Waals surface area contributed by atoms with E-state index in [1.54, 1.807) is 18.2 Å². The molecule has 4 heteroatoms. The highest BCUT2D eigenvalue weighted by atomic mass is 16.4.